The van der Waals surface area contributed by atoms with Crippen molar-refractivity contribution >= 4 is 17.6 Å². The van der Waals surface area contributed by atoms with E-state index in [1.165, 1.54) is 13.2 Å². The SMILES string of the molecule is CCOc1ccc(C(=O)NCC(=O)OC)cc1N. The second-order valence-corrected chi connectivity index (χ2v) is 3.44. The molecule has 18 heavy (non-hydrogen) atoms. The van der Waals surface area contributed by atoms with E-state index in [1.54, 1.807) is 12.1 Å². The Morgan fingerprint density at radius 1 is 1.39 bits per heavy atom. The second-order valence-electron chi connectivity index (χ2n) is 3.44. The number of hydrogen-bond acceptors (Lipinski definition) is 5. The van der Waals surface area contributed by atoms with E-state index in [1.807, 2.05) is 6.92 Å². The van der Waals surface area contributed by atoms with Gasteiger partial charge in [0.15, 0.2) is 0 Å². The fraction of sp³-hybridized carbons (Fsp3) is 0.333. The van der Waals surface area contributed by atoms with Crippen molar-refractivity contribution in [3.05, 3.63) is 23.8 Å². The predicted molar refractivity (Wildman–Crippen MR) is 66.4 cm³/mol. The van der Waals surface area contributed by atoms with E-state index in [-0.39, 0.29) is 6.54 Å². The molecule has 98 valence electrons. The molecule has 0 aliphatic carbocycles. The number of carbonyl (C=O) groups is 2. The maximum absolute atomic E-state index is 11.7. The Hall–Kier alpha value is -2.24. The Morgan fingerprint density at radius 3 is 2.67 bits per heavy atom. The lowest BCUT2D eigenvalue weighted by atomic mass is 10.2. The average Bonchev–Trinajstić information content (AvgIpc) is 2.38. The first kappa shape index (κ1) is 13.8. The summed E-state index contributed by atoms with van der Waals surface area (Å²) in [7, 11) is 1.25. The van der Waals surface area contributed by atoms with Crippen molar-refractivity contribution in [2.45, 2.75) is 6.92 Å². The van der Waals surface area contributed by atoms with Crippen molar-refractivity contribution in [1.82, 2.24) is 5.32 Å². The summed E-state index contributed by atoms with van der Waals surface area (Å²) in [5, 5.41) is 2.42. The number of nitrogens with two attached hydrogens (primary N) is 1. The third-order valence-electron chi connectivity index (χ3n) is 2.19. The minimum absolute atomic E-state index is 0.178. The van der Waals surface area contributed by atoms with Gasteiger partial charge in [-0.1, -0.05) is 0 Å². The quantitative estimate of drug-likeness (QED) is 0.590. The molecule has 0 saturated carbocycles. The van der Waals surface area contributed by atoms with E-state index in [4.69, 9.17) is 10.5 Å². The van der Waals surface area contributed by atoms with Gasteiger partial charge < -0.3 is 20.5 Å². The van der Waals surface area contributed by atoms with Crippen LogP contribution in [0.5, 0.6) is 5.75 Å². The number of anilines is 1. The molecule has 1 aromatic rings. The number of hydrogen-bond donors (Lipinski definition) is 2. The third-order valence-corrected chi connectivity index (χ3v) is 2.19. The zero-order valence-electron chi connectivity index (χ0n) is 10.4. The molecule has 0 aliphatic rings. The van der Waals surface area contributed by atoms with Crippen LogP contribution in [0, 0.1) is 0 Å². The Balaban J connectivity index is 2.69. The molecular weight excluding hydrogens is 236 g/mol. The standard InChI is InChI=1S/C12H16N2O4/c1-3-18-10-5-4-8(6-9(10)13)12(16)14-7-11(15)17-2/h4-6H,3,7,13H2,1-2H3,(H,14,16). The molecular formula is C12H16N2O4. The number of benzene rings is 1. The zero-order chi connectivity index (χ0) is 13.5. The summed E-state index contributed by atoms with van der Waals surface area (Å²) in [4.78, 5) is 22.5. The van der Waals surface area contributed by atoms with E-state index >= 15 is 0 Å². The fourth-order valence-electron chi connectivity index (χ4n) is 1.30. The molecule has 1 amide bonds. The van der Waals surface area contributed by atoms with Gasteiger partial charge in [0.05, 0.1) is 19.4 Å². The van der Waals surface area contributed by atoms with Gasteiger partial charge in [0, 0.05) is 5.56 Å². The number of rotatable bonds is 5. The molecule has 1 aromatic carbocycles. The maximum Gasteiger partial charge on any atom is 0.325 e. The lowest BCUT2D eigenvalue weighted by Gasteiger charge is -2.09. The first-order chi connectivity index (χ1) is 8.58. The first-order valence-corrected chi connectivity index (χ1v) is 5.45. The van der Waals surface area contributed by atoms with Gasteiger partial charge in [-0.05, 0) is 25.1 Å². The number of ether oxygens (including phenoxy) is 2. The first-order valence-electron chi connectivity index (χ1n) is 5.45. The number of methoxy groups -OCH3 is 1. The van der Waals surface area contributed by atoms with Crippen molar-refractivity contribution in [3.8, 4) is 5.75 Å². The van der Waals surface area contributed by atoms with Crippen molar-refractivity contribution in [1.29, 1.82) is 0 Å². The van der Waals surface area contributed by atoms with Crippen LogP contribution in [0.4, 0.5) is 5.69 Å². The van der Waals surface area contributed by atoms with Crippen LogP contribution in [-0.2, 0) is 9.53 Å². The predicted octanol–water partition coefficient (Wildman–Crippen LogP) is 0.570. The van der Waals surface area contributed by atoms with E-state index in [0.29, 0.717) is 23.6 Å². The zero-order valence-corrected chi connectivity index (χ0v) is 10.4. The molecule has 0 spiro atoms. The Bertz CT molecular complexity index is 446. The topological polar surface area (TPSA) is 90.6 Å². The highest BCUT2D eigenvalue weighted by Gasteiger charge is 2.10. The van der Waals surface area contributed by atoms with E-state index in [2.05, 4.69) is 10.1 Å². The van der Waals surface area contributed by atoms with Gasteiger partial charge in [0.1, 0.15) is 12.3 Å². The minimum atomic E-state index is -0.512. The van der Waals surface area contributed by atoms with Crippen LogP contribution in [0.25, 0.3) is 0 Å². The molecule has 0 fully saturated rings. The van der Waals surface area contributed by atoms with Gasteiger partial charge >= 0.3 is 5.97 Å². The lowest BCUT2D eigenvalue weighted by Crippen LogP contribution is -2.30. The van der Waals surface area contributed by atoms with Gasteiger partial charge in [-0.15, -0.1) is 0 Å². The van der Waals surface area contributed by atoms with Crippen molar-refractivity contribution in [3.63, 3.8) is 0 Å². The summed E-state index contributed by atoms with van der Waals surface area (Å²) >= 11 is 0. The molecule has 6 heteroatoms. The van der Waals surface area contributed by atoms with Crippen molar-refractivity contribution in [2.75, 3.05) is 26.0 Å². The van der Waals surface area contributed by atoms with E-state index < -0.39 is 11.9 Å². The van der Waals surface area contributed by atoms with Crippen LogP contribution in [0.2, 0.25) is 0 Å². The normalized spacial score (nSPS) is 9.67. The van der Waals surface area contributed by atoms with Crippen molar-refractivity contribution in [2.24, 2.45) is 0 Å². The minimum Gasteiger partial charge on any atom is -0.492 e. The van der Waals surface area contributed by atoms with E-state index in [9.17, 15) is 9.59 Å². The highest BCUT2D eigenvalue weighted by molar-refractivity contribution is 5.97. The summed E-state index contributed by atoms with van der Waals surface area (Å²) in [6, 6.07) is 4.69. The molecule has 0 heterocycles. The van der Waals surface area contributed by atoms with E-state index in [0.717, 1.165) is 0 Å². The molecule has 1 rings (SSSR count). The summed E-state index contributed by atoms with van der Waals surface area (Å²) in [6.45, 7) is 2.16. The molecule has 3 N–H and O–H groups in total. The Labute approximate surface area is 105 Å². The fourth-order valence-corrected chi connectivity index (χ4v) is 1.30. The van der Waals surface area contributed by atoms with Gasteiger partial charge in [-0.25, -0.2) is 0 Å². The largest absolute Gasteiger partial charge is 0.492 e. The highest BCUT2D eigenvalue weighted by Crippen LogP contribution is 2.22. The number of amides is 1. The maximum atomic E-state index is 11.7. The van der Waals surface area contributed by atoms with Crippen molar-refractivity contribution < 1.29 is 19.1 Å². The highest BCUT2D eigenvalue weighted by atomic mass is 16.5. The molecule has 0 bridgehead atoms. The van der Waals surface area contributed by atoms with Crippen LogP contribution >= 0.6 is 0 Å². The van der Waals surface area contributed by atoms with Gasteiger partial charge in [-0.3, -0.25) is 9.59 Å². The molecule has 0 radical (unpaired) electrons. The number of esters is 1. The van der Waals surface area contributed by atoms with Crippen LogP contribution in [0.3, 0.4) is 0 Å². The van der Waals surface area contributed by atoms with Gasteiger partial charge in [0.2, 0.25) is 0 Å². The molecule has 6 nitrogen and oxygen atoms in total. The summed E-state index contributed by atoms with van der Waals surface area (Å²) in [5.41, 5.74) is 6.47. The van der Waals surface area contributed by atoms with Gasteiger partial charge in [-0.2, -0.15) is 0 Å². The molecule has 0 aromatic heterocycles. The summed E-state index contributed by atoms with van der Waals surface area (Å²) < 4.78 is 9.67. The monoisotopic (exact) mass is 252 g/mol. The summed E-state index contributed by atoms with van der Waals surface area (Å²) in [5.74, 6) is -0.376. The number of nitrogens with one attached hydrogen (secondary N) is 1. The third kappa shape index (κ3) is 3.65. The second kappa shape index (κ2) is 6.48. The summed E-state index contributed by atoms with van der Waals surface area (Å²) in [6.07, 6.45) is 0. The number of carbonyl (C=O) groups excluding carboxylic acids is 2. The average molecular weight is 252 g/mol. The Kier molecular flexibility index (Phi) is 4.98. The van der Waals surface area contributed by atoms with Gasteiger partial charge in [0.25, 0.3) is 5.91 Å². The molecule has 0 saturated heterocycles. The van der Waals surface area contributed by atoms with Crippen LogP contribution in [0.1, 0.15) is 17.3 Å². The van der Waals surface area contributed by atoms with Crippen LogP contribution in [0.15, 0.2) is 18.2 Å². The smallest absolute Gasteiger partial charge is 0.325 e. The molecule has 0 unspecified atom stereocenters. The Morgan fingerprint density at radius 2 is 2.11 bits per heavy atom. The van der Waals surface area contributed by atoms with Crippen LogP contribution < -0.4 is 15.8 Å². The van der Waals surface area contributed by atoms with Crippen LogP contribution in [-0.4, -0.2) is 32.1 Å². The molecule has 0 atom stereocenters. The molecule has 0 aliphatic heterocycles. The lowest BCUT2D eigenvalue weighted by molar-refractivity contribution is -0.139. The number of nitrogen functional groups attached to an aromatic ring is 1.